The lowest BCUT2D eigenvalue weighted by molar-refractivity contribution is 0.354. The zero-order valence-electron chi connectivity index (χ0n) is 10.5. The van der Waals surface area contributed by atoms with Gasteiger partial charge in [0.2, 0.25) is 0 Å². The topological polar surface area (TPSA) is 32.8 Å². The van der Waals surface area contributed by atoms with Crippen LogP contribution in [0, 0.1) is 6.92 Å². The van der Waals surface area contributed by atoms with Gasteiger partial charge < -0.3 is 4.52 Å². The number of aryl methyl sites for hydroxylation is 1. The first-order valence-electron chi connectivity index (χ1n) is 5.08. The Kier molecular flexibility index (Phi) is 4.14. The van der Waals surface area contributed by atoms with E-state index >= 15 is 0 Å². The van der Waals surface area contributed by atoms with Gasteiger partial charge in [-0.15, -0.1) is 0 Å². The second kappa shape index (κ2) is 5.00. The fourth-order valence-electron chi connectivity index (χ4n) is 1.33. The molecule has 0 unspecified atom stereocenters. The minimum absolute atomic E-state index is 0.630. The van der Waals surface area contributed by atoms with E-state index in [4.69, 9.17) is 4.52 Å². The smallest absolute Gasteiger partial charge is 0.394 e. The van der Waals surface area contributed by atoms with Crippen molar-refractivity contribution >= 4 is 7.67 Å². The molecule has 0 saturated carbocycles. The first kappa shape index (κ1) is 13.2. The van der Waals surface area contributed by atoms with Crippen molar-refractivity contribution in [3.8, 4) is 5.75 Å². The van der Waals surface area contributed by atoms with Crippen molar-refractivity contribution in [3.63, 3.8) is 0 Å². The zero-order valence-corrected chi connectivity index (χ0v) is 11.4. The molecular formula is C11H19N2O2P. The first-order chi connectivity index (χ1) is 7.36. The molecule has 0 radical (unpaired) electrons. The molecule has 0 bridgehead atoms. The van der Waals surface area contributed by atoms with Crippen LogP contribution in [0.2, 0.25) is 0 Å². The molecule has 90 valence electrons. The van der Waals surface area contributed by atoms with E-state index in [1.165, 1.54) is 0 Å². The third-order valence-corrected chi connectivity index (χ3v) is 4.70. The standard InChI is InChI=1S/C11H19N2O2P/c1-10-7-6-8-11(9-10)15-16(14,12(2)3)13(4)5/h6-9H,1-5H3. The average Bonchev–Trinajstić information content (AvgIpc) is 2.16. The maximum atomic E-state index is 12.5. The molecule has 0 atom stereocenters. The Morgan fingerprint density at radius 2 is 1.69 bits per heavy atom. The Morgan fingerprint density at radius 1 is 1.12 bits per heavy atom. The van der Waals surface area contributed by atoms with Gasteiger partial charge in [-0.2, -0.15) is 0 Å². The number of hydrogen-bond donors (Lipinski definition) is 0. The van der Waals surface area contributed by atoms with Crippen molar-refractivity contribution in [2.24, 2.45) is 0 Å². The van der Waals surface area contributed by atoms with Crippen LogP contribution in [-0.2, 0) is 4.57 Å². The highest BCUT2D eigenvalue weighted by Gasteiger charge is 2.30. The minimum atomic E-state index is -2.94. The molecule has 4 nitrogen and oxygen atoms in total. The van der Waals surface area contributed by atoms with Crippen LogP contribution in [0.3, 0.4) is 0 Å². The van der Waals surface area contributed by atoms with E-state index < -0.39 is 7.67 Å². The summed E-state index contributed by atoms with van der Waals surface area (Å²) in [7, 11) is 4.05. The van der Waals surface area contributed by atoms with E-state index in [0.29, 0.717) is 5.75 Å². The van der Waals surface area contributed by atoms with Crippen molar-refractivity contribution in [2.75, 3.05) is 28.2 Å². The summed E-state index contributed by atoms with van der Waals surface area (Å²) in [6, 6.07) is 7.55. The average molecular weight is 242 g/mol. The Labute approximate surface area is 97.4 Å². The van der Waals surface area contributed by atoms with Crippen LogP contribution < -0.4 is 4.52 Å². The summed E-state index contributed by atoms with van der Waals surface area (Å²) in [5.74, 6) is 0.630. The van der Waals surface area contributed by atoms with Crippen LogP contribution in [0.4, 0.5) is 0 Å². The third-order valence-electron chi connectivity index (χ3n) is 2.22. The van der Waals surface area contributed by atoms with Crippen molar-refractivity contribution < 1.29 is 9.09 Å². The van der Waals surface area contributed by atoms with Gasteiger partial charge in [-0.3, -0.25) is 0 Å². The summed E-state index contributed by atoms with van der Waals surface area (Å²) < 4.78 is 21.3. The Bertz CT molecular complexity index is 393. The molecule has 1 rings (SSSR count). The van der Waals surface area contributed by atoms with Gasteiger partial charge in [-0.25, -0.2) is 13.9 Å². The molecule has 0 amide bonds. The van der Waals surface area contributed by atoms with Crippen molar-refractivity contribution in [2.45, 2.75) is 6.92 Å². The molecule has 0 aliphatic rings. The maximum Gasteiger partial charge on any atom is 0.394 e. The van der Waals surface area contributed by atoms with Crippen LogP contribution in [-0.4, -0.2) is 37.5 Å². The molecule has 1 aromatic rings. The molecule has 16 heavy (non-hydrogen) atoms. The van der Waals surface area contributed by atoms with Crippen molar-refractivity contribution in [1.82, 2.24) is 9.34 Å². The molecule has 0 aromatic heterocycles. The minimum Gasteiger partial charge on any atom is -0.422 e. The molecule has 0 fully saturated rings. The van der Waals surface area contributed by atoms with Crippen LogP contribution in [0.15, 0.2) is 24.3 Å². The predicted octanol–water partition coefficient (Wildman–Crippen LogP) is 2.61. The van der Waals surface area contributed by atoms with Crippen molar-refractivity contribution in [1.29, 1.82) is 0 Å². The molecule has 0 heterocycles. The summed E-state index contributed by atoms with van der Waals surface area (Å²) in [5, 5.41) is 0. The highest BCUT2D eigenvalue weighted by Crippen LogP contribution is 2.50. The third kappa shape index (κ3) is 2.85. The van der Waals surface area contributed by atoms with Gasteiger partial charge in [0.1, 0.15) is 5.75 Å². The fraction of sp³-hybridized carbons (Fsp3) is 0.455. The van der Waals surface area contributed by atoms with Gasteiger partial charge in [0.25, 0.3) is 0 Å². The lowest BCUT2D eigenvalue weighted by Crippen LogP contribution is -2.24. The van der Waals surface area contributed by atoms with Crippen molar-refractivity contribution in [3.05, 3.63) is 29.8 Å². The van der Waals surface area contributed by atoms with Crippen LogP contribution in [0.5, 0.6) is 5.75 Å². The SMILES string of the molecule is Cc1cccc(OP(=O)(N(C)C)N(C)C)c1. The molecular weight excluding hydrogens is 223 g/mol. The predicted molar refractivity (Wildman–Crippen MR) is 66.8 cm³/mol. The highest BCUT2D eigenvalue weighted by atomic mass is 31.2. The van der Waals surface area contributed by atoms with E-state index in [0.717, 1.165) is 5.56 Å². The Balaban J connectivity index is 2.98. The lowest BCUT2D eigenvalue weighted by Gasteiger charge is -2.29. The molecule has 0 saturated heterocycles. The number of benzene rings is 1. The normalized spacial score (nSPS) is 12.2. The first-order valence-corrected chi connectivity index (χ1v) is 6.61. The number of rotatable bonds is 4. The monoisotopic (exact) mass is 242 g/mol. The Hall–Kier alpha value is -0.830. The van der Waals surface area contributed by atoms with E-state index in [1.807, 2.05) is 31.2 Å². The Morgan fingerprint density at radius 3 is 2.12 bits per heavy atom. The van der Waals surface area contributed by atoms with E-state index in [9.17, 15) is 4.57 Å². The van der Waals surface area contributed by atoms with E-state index in [-0.39, 0.29) is 0 Å². The van der Waals surface area contributed by atoms with Gasteiger partial charge in [0.15, 0.2) is 0 Å². The molecule has 1 aromatic carbocycles. The van der Waals surface area contributed by atoms with Gasteiger partial charge >= 0.3 is 7.67 Å². The molecule has 0 spiro atoms. The zero-order chi connectivity index (χ0) is 12.3. The largest absolute Gasteiger partial charge is 0.422 e. The van der Waals surface area contributed by atoms with Gasteiger partial charge in [0.05, 0.1) is 0 Å². The quantitative estimate of drug-likeness (QED) is 0.760. The molecule has 0 aliphatic heterocycles. The summed E-state index contributed by atoms with van der Waals surface area (Å²) >= 11 is 0. The van der Waals surface area contributed by atoms with Gasteiger partial charge in [-0.05, 0) is 52.8 Å². The second-order valence-corrected chi connectivity index (χ2v) is 6.86. The highest BCUT2D eigenvalue weighted by molar-refractivity contribution is 7.54. The molecule has 0 aliphatic carbocycles. The summed E-state index contributed by atoms with van der Waals surface area (Å²) in [6.07, 6.45) is 0. The van der Waals surface area contributed by atoms with Crippen LogP contribution in [0.1, 0.15) is 5.56 Å². The molecule has 5 heteroatoms. The molecule has 0 N–H and O–H groups in total. The van der Waals surface area contributed by atoms with E-state index in [1.54, 1.807) is 37.5 Å². The lowest BCUT2D eigenvalue weighted by atomic mass is 10.2. The maximum absolute atomic E-state index is 12.5. The fourth-order valence-corrected chi connectivity index (χ4v) is 2.76. The van der Waals surface area contributed by atoms with E-state index in [2.05, 4.69) is 0 Å². The summed E-state index contributed by atoms with van der Waals surface area (Å²) in [6.45, 7) is 1.98. The van der Waals surface area contributed by atoms with Gasteiger partial charge in [0, 0.05) is 0 Å². The van der Waals surface area contributed by atoms with Crippen LogP contribution >= 0.6 is 7.67 Å². The number of hydrogen-bond acceptors (Lipinski definition) is 2. The van der Waals surface area contributed by atoms with Gasteiger partial charge in [-0.1, -0.05) is 12.1 Å². The number of nitrogens with zero attached hydrogens (tertiary/aromatic N) is 2. The summed E-state index contributed by atoms with van der Waals surface area (Å²) in [4.78, 5) is 0. The summed E-state index contributed by atoms with van der Waals surface area (Å²) in [5.41, 5.74) is 1.08. The van der Waals surface area contributed by atoms with Crippen LogP contribution in [0.25, 0.3) is 0 Å². The second-order valence-electron chi connectivity index (χ2n) is 4.09.